The molecule has 16 heavy (non-hydrogen) atoms. The van der Waals surface area contributed by atoms with Crippen molar-refractivity contribution in [1.82, 2.24) is 5.32 Å². The van der Waals surface area contributed by atoms with Crippen molar-refractivity contribution in [3.63, 3.8) is 0 Å². The Bertz CT molecular complexity index is 350. The van der Waals surface area contributed by atoms with Crippen molar-refractivity contribution < 1.29 is 9.90 Å². The van der Waals surface area contributed by atoms with Gasteiger partial charge < -0.3 is 10.4 Å². The van der Waals surface area contributed by atoms with Gasteiger partial charge in [-0.2, -0.15) is 0 Å². The smallest absolute Gasteiger partial charge is 0.251 e. The van der Waals surface area contributed by atoms with E-state index < -0.39 is 0 Å². The number of aliphatic hydroxyl groups is 1. The standard InChI is InChI=1S/C13H17NO2/c15-12-9-5-4-8-11(12)14-13(16)10-6-2-1-3-7-10/h1-3,6-7,11-12,15H,4-5,8-9H2,(H,14,16)/t11?,12-/m1/s1. The summed E-state index contributed by atoms with van der Waals surface area (Å²) in [6.45, 7) is 0. The molecule has 1 aliphatic rings. The maximum atomic E-state index is 11.8. The summed E-state index contributed by atoms with van der Waals surface area (Å²) in [7, 11) is 0. The van der Waals surface area contributed by atoms with Crippen molar-refractivity contribution in [2.24, 2.45) is 0 Å². The molecule has 1 aliphatic carbocycles. The van der Waals surface area contributed by atoms with Gasteiger partial charge in [0.15, 0.2) is 0 Å². The highest BCUT2D eigenvalue weighted by molar-refractivity contribution is 5.94. The van der Waals surface area contributed by atoms with Gasteiger partial charge in [0.2, 0.25) is 0 Å². The number of rotatable bonds is 2. The Labute approximate surface area is 95.5 Å². The lowest BCUT2D eigenvalue weighted by Crippen LogP contribution is -2.45. The second kappa shape index (κ2) is 5.12. The molecule has 1 saturated carbocycles. The van der Waals surface area contributed by atoms with Crippen molar-refractivity contribution in [2.75, 3.05) is 0 Å². The van der Waals surface area contributed by atoms with Crippen molar-refractivity contribution in [1.29, 1.82) is 0 Å². The van der Waals surface area contributed by atoms with Crippen LogP contribution >= 0.6 is 0 Å². The molecule has 0 heterocycles. The largest absolute Gasteiger partial charge is 0.391 e. The van der Waals surface area contributed by atoms with E-state index >= 15 is 0 Å². The first kappa shape index (κ1) is 11.1. The van der Waals surface area contributed by atoms with Crippen LogP contribution in [0.1, 0.15) is 36.0 Å². The third-order valence-corrected chi connectivity index (χ3v) is 3.08. The highest BCUT2D eigenvalue weighted by Gasteiger charge is 2.24. The van der Waals surface area contributed by atoms with E-state index in [1.54, 1.807) is 12.1 Å². The molecule has 2 atom stereocenters. The zero-order valence-electron chi connectivity index (χ0n) is 9.23. The molecule has 0 saturated heterocycles. The first-order chi connectivity index (χ1) is 7.77. The van der Waals surface area contributed by atoms with Crippen LogP contribution in [0.15, 0.2) is 30.3 Å². The van der Waals surface area contributed by atoms with Crippen LogP contribution in [0.2, 0.25) is 0 Å². The Hall–Kier alpha value is -1.35. The lowest BCUT2D eigenvalue weighted by molar-refractivity contribution is 0.0717. The summed E-state index contributed by atoms with van der Waals surface area (Å²) < 4.78 is 0. The molecular formula is C13H17NO2. The number of carbonyl (C=O) groups excluding carboxylic acids is 1. The van der Waals surface area contributed by atoms with Gasteiger partial charge in [-0.1, -0.05) is 31.0 Å². The zero-order valence-corrected chi connectivity index (χ0v) is 9.23. The Morgan fingerprint density at radius 2 is 1.88 bits per heavy atom. The number of nitrogens with one attached hydrogen (secondary N) is 1. The molecule has 86 valence electrons. The van der Waals surface area contributed by atoms with Crippen LogP contribution in [-0.4, -0.2) is 23.2 Å². The normalized spacial score (nSPS) is 25.1. The molecule has 2 rings (SSSR count). The van der Waals surface area contributed by atoms with Gasteiger partial charge in [0.25, 0.3) is 5.91 Å². The molecule has 3 heteroatoms. The molecule has 0 spiro atoms. The second-order valence-corrected chi connectivity index (χ2v) is 4.30. The molecule has 1 amide bonds. The van der Waals surface area contributed by atoms with Crippen molar-refractivity contribution in [3.8, 4) is 0 Å². The van der Waals surface area contributed by atoms with Gasteiger partial charge in [0.05, 0.1) is 12.1 Å². The van der Waals surface area contributed by atoms with Crippen LogP contribution < -0.4 is 5.32 Å². The average Bonchev–Trinajstić information content (AvgIpc) is 2.33. The summed E-state index contributed by atoms with van der Waals surface area (Å²) >= 11 is 0. The Balaban J connectivity index is 1.96. The summed E-state index contributed by atoms with van der Waals surface area (Å²) in [5.74, 6) is -0.0912. The Morgan fingerprint density at radius 3 is 2.56 bits per heavy atom. The van der Waals surface area contributed by atoms with Gasteiger partial charge in [0.1, 0.15) is 0 Å². The molecule has 1 aromatic rings. The number of benzene rings is 1. The highest BCUT2D eigenvalue weighted by Crippen LogP contribution is 2.18. The third kappa shape index (κ3) is 2.61. The van der Waals surface area contributed by atoms with E-state index in [0.29, 0.717) is 5.56 Å². The topological polar surface area (TPSA) is 49.3 Å². The third-order valence-electron chi connectivity index (χ3n) is 3.08. The molecule has 0 radical (unpaired) electrons. The number of amides is 1. The maximum absolute atomic E-state index is 11.8. The van der Waals surface area contributed by atoms with E-state index in [2.05, 4.69) is 5.32 Å². The van der Waals surface area contributed by atoms with Gasteiger partial charge in [-0.25, -0.2) is 0 Å². The number of hydrogen-bond acceptors (Lipinski definition) is 2. The fourth-order valence-corrected chi connectivity index (χ4v) is 2.12. The van der Waals surface area contributed by atoms with E-state index in [0.717, 1.165) is 25.7 Å². The summed E-state index contributed by atoms with van der Waals surface area (Å²) in [6.07, 6.45) is 3.41. The van der Waals surface area contributed by atoms with Crippen molar-refractivity contribution in [3.05, 3.63) is 35.9 Å². The molecule has 0 aromatic heterocycles. The average molecular weight is 219 g/mol. The number of hydrogen-bond donors (Lipinski definition) is 2. The summed E-state index contributed by atoms with van der Waals surface area (Å²) in [5.41, 5.74) is 0.653. The van der Waals surface area contributed by atoms with Crippen LogP contribution in [0, 0.1) is 0 Å². The van der Waals surface area contributed by atoms with Crippen LogP contribution in [-0.2, 0) is 0 Å². The quantitative estimate of drug-likeness (QED) is 0.795. The predicted molar refractivity (Wildman–Crippen MR) is 62.2 cm³/mol. The Kier molecular flexibility index (Phi) is 3.57. The fourth-order valence-electron chi connectivity index (χ4n) is 2.12. The highest BCUT2D eigenvalue weighted by atomic mass is 16.3. The minimum atomic E-state index is -0.388. The van der Waals surface area contributed by atoms with Crippen LogP contribution in [0.3, 0.4) is 0 Å². The van der Waals surface area contributed by atoms with Crippen molar-refractivity contribution in [2.45, 2.75) is 37.8 Å². The number of carbonyl (C=O) groups is 1. The minimum Gasteiger partial charge on any atom is -0.391 e. The molecule has 0 bridgehead atoms. The van der Waals surface area contributed by atoms with Gasteiger partial charge >= 0.3 is 0 Å². The molecule has 0 aliphatic heterocycles. The van der Waals surface area contributed by atoms with Crippen LogP contribution in [0.25, 0.3) is 0 Å². The van der Waals surface area contributed by atoms with Gasteiger partial charge in [-0.05, 0) is 25.0 Å². The van der Waals surface area contributed by atoms with E-state index in [1.807, 2.05) is 18.2 Å². The van der Waals surface area contributed by atoms with E-state index in [4.69, 9.17) is 0 Å². The Morgan fingerprint density at radius 1 is 1.19 bits per heavy atom. The van der Waals surface area contributed by atoms with Crippen molar-refractivity contribution >= 4 is 5.91 Å². The molecular weight excluding hydrogens is 202 g/mol. The molecule has 2 N–H and O–H groups in total. The van der Waals surface area contributed by atoms with E-state index in [-0.39, 0.29) is 18.1 Å². The first-order valence-electron chi connectivity index (χ1n) is 5.81. The zero-order chi connectivity index (χ0) is 11.4. The van der Waals surface area contributed by atoms with Gasteiger partial charge in [-0.15, -0.1) is 0 Å². The minimum absolute atomic E-state index is 0.0820. The predicted octanol–water partition coefficient (Wildman–Crippen LogP) is 1.72. The maximum Gasteiger partial charge on any atom is 0.251 e. The van der Waals surface area contributed by atoms with Gasteiger partial charge in [0, 0.05) is 5.56 Å². The molecule has 1 fully saturated rings. The monoisotopic (exact) mass is 219 g/mol. The van der Waals surface area contributed by atoms with Crippen LogP contribution in [0.4, 0.5) is 0 Å². The SMILES string of the molecule is O=C(NC1CCCC[C@H]1O)c1ccccc1. The fraction of sp³-hybridized carbons (Fsp3) is 0.462. The summed E-state index contributed by atoms with van der Waals surface area (Å²) in [6, 6.07) is 9.04. The summed E-state index contributed by atoms with van der Waals surface area (Å²) in [5, 5.41) is 12.6. The molecule has 1 unspecified atom stereocenters. The van der Waals surface area contributed by atoms with Crippen LogP contribution in [0.5, 0.6) is 0 Å². The lowest BCUT2D eigenvalue weighted by atomic mass is 9.92. The lowest BCUT2D eigenvalue weighted by Gasteiger charge is -2.28. The van der Waals surface area contributed by atoms with E-state index in [1.165, 1.54) is 0 Å². The molecule has 3 nitrogen and oxygen atoms in total. The van der Waals surface area contributed by atoms with Gasteiger partial charge in [-0.3, -0.25) is 4.79 Å². The first-order valence-corrected chi connectivity index (χ1v) is 5.81. The number of aliphatic hydroxyl groups excluding tert-OH is 1. The molecule has 1 aromatic carbocycles. The summed E-state index contributed by atoms with van der Waals surface area (Å²) in [4.78, 5) is 11.8. The second-order valence-electron chi connectivity index (χ2n) is 4.30. The van der Waals surface area contributed by atoms with E-state index in [9.17, 15) is 9.90 Å².